The van der Waals surface area contributed by atoms with Crippen LogP contribution < -0.4 is 11.1 Å². The number of amides is 2. The van der Waals surface area contributed by atoms with Gasteiger partial charge in [0.1, 0.15) is 0 Å². The molecule has 0 heterocycles. The first-order valence-corrected chi connectivity index (χ1v) is 5.74. The van der Waals surface area contributed by atoms with E-state index in [9.17, 15) is 14.4 Å². The molecular formula is C13H16N2O4. The molecule has 2 amide bonds. The number of carbonyl (C=O) groups excluding carboxylic acids is 3. The van der Waals surface area contributed by atoms with Crippen molar-refractivity contribution in [3.63, 3.8) is 0 Å². The zero-order valence-electron chi connectivity index (χ0n) is 10.6. The Bertz CT molecular complexity index is 485. The van der Waals surface area contributed by atoms with Crippen molar-refractivity contribution in [3.05, 3.63) is 35.4 Å². The van der Waals surface area contributed by atoms with Crippen molar-refractivity contribution < 1.29 is 19.1 Å². The van der Waals surface area contributed by atoms with Gasteiger partial charge in [0.05, 0.1) is 13.0 Å². The normalized spacial score (nSPS) is 9.74. The van der Waals surface area contributed by atoms with Crippen molar-refractivity contribution in [1.29, 1.82) is 0 Å². The highest BCUT2D eigenvalue weighted by atomic mass is 16.5. The average Bonchev–Trinajstić information content (AvgIpc) is 2.36. The summed E-state index contributed by atoms with van der Waals surface area (Å²) in [5.41, 5.74) is 6.69. The first kappa shape index (κ1) is 14.7. The standard InChI is InChI=1S/C13H16N2O4/c1-9-4-2-3-5-10(9)6-13(18)19-8-12(17)15-7-11(14)16/h2-5H,6-8H2,1H3,(H2,14,16)(H,15,17). The number of hydrogen-bond acceptors (Lipinski definition) is 4. The summed E-state index contributed by atoms with van der Waals surface area (Å²) in [6.45, 7) is 1.20. The van der Waals surface area contributed by atoms with Crippen LogP contribution in [-0.2, 0) is 25.5 Å². The van der Waals surface area contributed by atoms with Crippen LogP contribution in [0.25, 0.3) is 0 Å². The summed E-state index contributed by atoms with van der Waals surface area (Å²) in [4.78, 5) is 33.1. The highest BCUT2D eigenvalue weighted by Gasteiger charge is 2.10. The van der Waals surface area contributed by atoms with Crippen molar-refractivity contribution in [1.82, 2.24) is 5.32 Å². The molecule has 0 radical (unpaired) electrons. The van der Waals surface area contributed by atoms with Crippen LogP contribution >= 0.6 is 0 Å². The van der Waals surface area contributed by atoms with Gasteiger partial charge in [0.25, 0.3) is 5.91 Å². The third-order valence-electron chi connectivity index (χ3n) is 2.42. The minimum atomic E-state index is -0.653. The molecule has 6 heteroatoms. The van der Waals surface area contributed by atoms with Gasteiger partial charge in [-0.25, -0.2) is 0 Å². The van der Waals surface area contributed by atoms with E-state index in [-0.39, 0.29) is 13.0 Å². The second-order valence-corrected chi connectivity index (χ2v) is 4.01. The molecule has 19 heavy (non-hydrogen) atoms. The summed E-state index contributed by atoms with van der Waals surface area (Å²) >= 11 is 0. The number of esters is 1. The number of nitrogens with two attached hydrogens (primary N) is 1. The molecule has 0 unspecified atom stereocenters. The van der Waals surface area contributed by atoms with Gasteiger partial charge in [0.15, 0.2) is 6.61 Å². The number of benzene rings is 1. The van der Waals surface area contributed by atoms with E-state index < -0.39 is 24.4 Å². The van der Waals surface area contributed by atoms with Gasteiger partial charge < -0.3 is 15.8 Å². The third kappa shape index (κ3) is 5.67. The Morgan fingerprint density at radius 2 is 1.95 bits per heavy atom. The summed E-state index contributed by atoms with van der Waals surface area (Å²) in [6.07, 6.45) is 0.107. The minimum Gasteiger partial charge on any atom is -0.455 e. The van der Waals surface area contributed by atoms with Crippen LogP contribution in [0.3, 0.4) is 0 Å². The Labute approximate surface area is 110 Å². The number of hydrogen-bond donors (Lipinski definition) is 2. The van der Waals surface area contributed by atoms with Crippen molar-refractivity contribution in [3.8, 4) is 0 Å². The maximum Gasteiger partial charge on any atom is 0.310 e. The zero-order valence-corrected chi connectivity index (χ0v) is 10.6. The number of rotatable bonds is 6. The van der Waals surface area contributed by atoms with E-state index in [1.54, 1.807) is 0 Å². The molecule has 0 fully saturated rings. The Hall–Kier alpha value is -2.37. The van der Waals surface area contributed by atoms with Gasteiger partial charge in [-0.2, -0.15) is 0 Å². The molecule has 0 aromatic heterocycles. The van der Waals surface area contributed by atoms with Crippen molar-refractivity contribution in [2.24, 2.45) is 5.73 Å². The van der Waals surface area contributed by atoms with Gasteiger partial charge in [0, 0.05) is 0 Å². The molecule has 3 N–H and O–H groups in total. The third-order valence-corrected chi connectivity index (χ3v) is 2.42. The van der Waals surface area contributed by atoms with Crippen molar-refractivity contribution in [2.75, 3.05) is 13.2 Å². The largest absolute Gasteiger partial charge is 0.455 e. The average molecular weight is 264 g/mol. The molecule has 0 bridgehead atoms. The van der Waals surface area contributed by atoms with E-state index >= 15 is 0 Å². The lowest BCUT2D eigenvalue weighted by molar-refractivity contribution is -0.147. The molecule has 0 aliphatic rings. The maximum absolute atomic E-state index is 11.5. The van der Waals surface area contributed by atoms with Crippen molar-refractivity contribution in [2.45, 2.75) is 13.3 Å². The molecule has 1 aromatic rings. The zero-order chi connectivity index (χ0) is 14.3. The fourth-order valence-electron chi connectivity index (χ4n) is 1.40. The van der Waals surface area contributed by atoms with E-state index in [1.165, 1.54) is 0 Å². The number of primary amides is 1. The monoisotopic (exact) mass is 264 g/mol. The van der Waals surface area contributed by atoms with Crippen LogP contribution in [0.15, 0.2) is 24.3 Å². The molecule has 0 aliphatic heterocycles. The topological polar surface area (TPSA) is 98.5 Å². The molecule has 0 saturated carbocycles. The molecule has 102 valence electrons. The van der Waals surface area contributed by atoms with Gasteiger partial charge >= 0.3 is 5.97 Å². The molecule has 6 nitrogen and oxygen atoms in total. The highest BCUT2D eigenvalue weighted by Crippen LogP contribution is 2.08. The summed E-state index contributed by atoms with van der Waals surface area (Å²) in [6, 6.07) is 7.42. The maximum atomic E-state index is 11.5. The molecule has 0 saturated heterocycles. The Kier molecular flexibility index (Phi) is 5.53. The molecule has 0 atom stereocenters. The first-order chi connectivity index (χ1) is 8.99. The number of nitrogens with one attached hydrogen (secondary N) is 1. The van der Waals surface area contributed by atoms with Crippen LogP contribution in [-0.4, -0.2) is 30.9 Å². The Morgan fingerprint density at radius 1 is 1.26 bits per heavy atom. The van der Waals surface area contributed by atoms with Gasteiger partial charge in [-0.1, -0.05) is 24.3 Å². The fraction of sp³-hybridized carbons (Fsp3) is 0.308. The highest BCUT2D eigenvalue weighted by molar-refractivity contribution is 5.85. The van der Waals surface area contributed by atoms with Gasteiger partial charge in [-0.15, -0.1) is 0 Å². The van der Waals surface area contributed by atoms with Crippen LogP contribution in [0.4, 0.5) is 0 Å². The van der Waals surface area contributed by atoms with Crippen LogP contribution in [0.1, 0.15) is 11.1 Å². The van der Waals surface area contributed by atoms with Gasteiger partial charge in [-0.05, 0) is 18.1 Å². The minimum absolute atomic E-state index is 0.107. The molecule has 0 aliphatic carbocycles. The van der Waals surface area contributed by atoms with E-state index in [0.717, 1.165) is 11.1 Å². The van der Waals surface area contributed by atoms with Crippen LogP contribution in [0.2, 0.25) is 0 Å². The number of carbonyl (C=O) groups is 3. The van der Waals surface area contributed by atoms with Crippen LogP contribution in [0, 0.1) is 6.92 Å². The lowest BCUT2D eigenvalue weighted by atomic mass is 10.1. The summed E-state index contributed by atoms with van der Waals surface area (Å²) < 4.78 is 4.79. The van der Waals surface area contributed by atoms with Crippen LogP contribution in [0.5, 0.6) is 0 Å². The number of aryl methyl sites for hydroxylation is 1. The first-order valence-electron chi connectivity index (χ1n) is 5.74. The lowest BCUT2D eigenvalue weighted by Gasteiger charge is -2.07. The van der Waals surface area contributed by atoms with E-state index in [2.05, 4.69) is 5.32 Å². The van der Waals surface area contributed by atoms with E-state index in [0.29, 0.717) is 0 Å². The predicted molar refractivity (Wildman–Crippen MR) is 68.0 cm³/mol. The Balaban J connectivity index is 2.34. The summed E-state index contributed by atoms with van der Waals surface area (Å²) in [5, 5.41) is 2.22. The second kappa shape index (κ2) is 7.15. The molecule has 1 aromatic carbocycles. The van der Waals surface area contributed by atoms with Gasteiger partial charge in [0.2, 0.25) is 5.91 Å². The van der Waals surface area contributed by atoms with Gasteiger partial charge in [-0.3, -0.25) is 14.4 Å². The smallest absolute Gasteiger partial charge is 0.310 e. The fourth-order valence-corrected chi connectivity index (χ4v) is 1.40. The quantitative estimate of drug-likeness (QED) is 0.688. The molecule has 0 spiro atoms. The second-order valence-electron chi connectivity index (χ2n) is 4.01. The molecular weight excluding hydrogens is 248 g/mol. The summed E-state index contributed by atoms with van der Waals surface area (Å²) in [5.74, 6) is -1.71. The summed E-state index contributed by atoms with van der Waals surface area (Å²) in [7, 11) is 0. The predicted octanol–water partition coefficient (Wildman–Crippen LogP) is -0.318. The Morgan fingerprint density at radius 3 is 2.58 bits per heavy atom. The number of ether oxygens (including phenoxy) is 1. The van der Waals surface area contributed by atoms with Crippen molar-refractivity contribution >= 4 is 17.8 Å². The molecule has 1 rings (SSSR count). The van der Waals surface area contributed by atoms with E-state index in [4.69, 9.17) is 10.5 Å². The SMILES string of the molecule is Cc1ccccc1CC(=O)OCC(=O)NCC(N)=O. The van der Waals surface area contributed by atoms with E-state index in [1.807, 2.05) is 31.2 Å². The lowest BCUT2D eigenvalue weighted by Crippen LogP contribution is -2.36.